The average molecular weight is 483 g/mol. The maximum atomic E-state index is 13.2. The largest absolute Gasteiger partial charge is 0.573 e. The molecule has 3 aromatic rings. The minimum atomic E-state index is -4.87. The highest BCUT2D eigenvalue weighted by Crippen LogP contribution is 2.43. The van der Waals surface area contributed by atoms with Gasteiger partial charge >= 0.3 is 6.36 Å². The molecule has 1 atom stereocenters. The van der Waals surface area contributed by atoms with Crippen LogP contribution in [-0.2, 0) is 9.59 Å². The van der Waals surface area contributed by atoms with E-state index in [0.717, 1.165) is 22.6 Å². The lowest BCUT2D eigenvalue weighted by molar-refractivity contribution is -0.274. The zero-order valence-corrected chi connectivity index (χ0v) is 18.7. The molecule has 1 aliphatic heterocycles. The summed E-state index contributed by atoms with van der Waals surface area (Å²) in [5.41, 5.74) is 1.60. The van der Waals surface area contributed by atoms with Crippen LogP contribution in [0.2, 0.25) is 0 Å². The lowest BCUT2D eigenvalue weighted by atomic mass is 9.94. The van der Waals surface area contributed by atoms with Crippen molar-refractivity contribution in [3.8, 4) is 11.5 Å². The molecular weight excluding hydrogens is 463 g/mol. The number of ketones is 1. The molecule has 0 aromatic heterocycles. The molecule has 1 N–H and O–H groups in total. The molecule has 4 rings (SSSR count). The van der Waals surface area contributed by atoms with E-state index in [4.69, 9.17) is 4.74 Å². The van der Waals surface area contributed by atoms with E-state index in [9.17, 15) is 27.9 Å². The number of alkyl halides is 3. The quantitative estimate of drug-likeness (QED) is 0.294. The number of hydrogen-bond acceptors (Lipinski definition) is 5. The number of Topliss-reactive ketones (excluding diaryl/α,β-unsaturated/α-hetero) is 1. The van der Waals surface area contributed by atoms with E-state index in [0.29, 0.717) is 11.3 Å². The summed E-state index contributed by atoms with van der Waals surface area (Å²) in [6, 6.07) is 17.1. The second-order valence-electron chi connectivity index (χ2n) is 7.83. The number of aryl methyl sites for hydroxylation is 1. The van der Waals surface area contributed by atoms with E-state index in [-0.39, 0.29) is 16.8 Å². The number of para-hydroxylation sites is 1. The van der Waals surface area contributed by atoms with E-state index in [1.165, 1.54) is 19.2 Å². The monoisotopic (exact) mass is 483 g/mol. The number of hydrogen-bond donors (Lipinski definition) is 1. The number of rotatable bonds is 5. The van der Waals surface area contributed by atoms with Crippen molar-refractivity contribution in [1.29, 1.82) is 0 Å². The lowest BCUT2D eigenvalue weighted by Gasteiger charge is -2.26. The Hall–Kier alpha value is -4.27. The smallest absolute Gasteiger partial charge is 0.507 e. The van der Waals surface area contributed by atoms with Gasteiger partial charge in [0.15, 0.2) is 0 Å². The summed E-state index contributed by atoms with van der Waals surface area (Å²) < 4.78 is 46.9. The number of aliphatic hydroxyl groups is 1. The zero-order chi connectivity index (χ0) is 25.3. The fraction of sp³-hybridized carbons (Fsp3) is 0.154. The van der Waals surface area contributed by atoms with Crippen LogP contribution in [0, 0.1) is 6.92 Å². The normalized spacial score (nSPS) is 17.5. The number of nitrogens with zero attached hydrogens (tertiary/aromatic N) is 1. The first-order valence-corrected chi connectivity index (χ1v) is 10.5. The van der Waals surface area contributed by atoms with Crippen molar-refractivity contribution in [3.63, 3.8) is 0 Å². The summed E-state index contributed by atoms with van der Waals surface area (Å²) in [4.78, 5) is 27.5. The van der Waals surface area contributed by atoms with Gasteiger partial charge in [-0.2, -0.15) is 0 Å². The minimum Gasteiger partial charge on any atom is -0.507 e. The van der Waals surface area contributed by atoms with Crippen LogP contribution in [0.5, 0.6) is 11.5 Å². The Morgan fingerprint density at radius 3 is 2.29 bits per heavy atom. The molecule has 0 saturated carbocycles. The summed E-state index contributed by atoms with van der Waals surface area (Å²) in [6.07, 6.45) is -4.87. The van der Waals surface area contributed by atoms with Gasteiger partial charge in [-0.25, -0.2) is 0 Å². The standard InChI is InChI=1S/C26H20F3NO5/c1-15-6-5-7-16(14-15)22-21(23(31)19-8-3-4-9-20(19)34-2)24(32)25(33)30(22)17-10-12-18(13-11-17)35-26(27,28)29/h3-14,22,31H,1-2H3/b23-21-. The predicted octanol–water partition coefficient (Wildman–Crippen LogP) is 5.53. The van der Waals surface area contributed by atoms with Crippen molar-refractivity contribution >= 4 is 23.1 Å². The number of carbonyl (C=O) groups excluding carboxylic acids is 2. The van der Waals surface area contributed by atoms with Gasteiger partial charge in [0.05, 0.1) is 24.3 Å². The molecule has 1 saturated heterocycles. The second-order valence-corrected chi connectivity index (χ2v) is 7.83. The van der Waals surface area contributed by atoms with E-state index in [1.807, 2.05) is 13.0 Å². The maximum Gasteiger partial charge on any atom is 0.573 e. The highest BCUT2D eigenvalue weighted by molar-refractivity contribution is 6.51. The number of methoxy groups -OCH3 is 1. The highest BCUT2D eigenvalue weighted by Gasteiger charge is 2.47. The van der Waals surface area contributed by atoms with Gasteiger partial charge in [0.25, 0.3) is 11.7 Å². The van der Waals surface area contributed by atoms with Crippen molar-refractivity contribution in [2.24, 2.45) is 0 Å². The predicted molar refractivity (Wildman–Crippen MR) is 122 cm³/mol. The summed E-state index contributed by atoms with van der Waals surface area (Å²) in [5, 5.41) is 11.2. The Morgan fingerprint density at radius 1 is 0.971 bits per heavy atom. The number of halogens is 3. The Balaban J connectivity index is 1.89. The van der Waals surface area contributed by atoms with E-state index >= 15 is 0 Å². The first-order chi connectivity index (χ1) is 16.6. The van der Waals surface area contributed by atoms with Crippen LogP contribution >= 0.6 is 0 Å². The van der Waals surface area contributed by atoms with Crippen LogP contribution in [0.25, 0.3) is 5.76 Å². The zero-order valence-electron chi connectivity index (χ0n) is 18.7. The molecule has 1 unspecified atom stereocenters. The molecular formula is C26H20F3NO5. The molecule has 1 amide bonds. The lowest BCUT2D eigenvalue weighted by Crippen LogP contribution is -2.29. The van der Waals surface area contributed by atoms with E-state index in [1.54, 1.807) is 42.5 Å². The number of carbonyl (C=O) groups is 2. The van der Waals surface area contributed by atoms with Crippen LogP contribution in [0.1, 0.15) is 22.7 Å². The van der Waals surface area contributed by atoms with E-state index in [2.05, 4.69) is 4.74 Å². The third-order valence-corrected chi connectivity index (χ3v) is 5.51. The van der Waals surface area contributed by atoms with Gasteiger partial charge < -0.3 is 14.6 Å². The topological polar surface area (TPSA) is 76.1 Å². The van der Waals surface area contributed by atoms with Crippen molar-refractivity contribution in [3.05, 3.63) is 95.1 Å². The maximum absolute atomic E-state index is 13.2. The van der Waals surface area contributed by atoms with Crippen LogP contribution < -0.4 is 14.4 Å². The van der Waals surface area contributed by atoms with Crippen molar-refractivity contribution in [2.45, 2.75) is 19.3 Å². The van der Waals surface area contributed by atoms with Crippen LogP contribution in [-0.4, -0.2) is 30.3 Å². The molecule has 9 heteroatoms. The number of benzene rings is 3. The minimum absolute atomic E-state index is 0.159. The first-order valence-electron chi connectivity index (χ1n) is 10.5. The highest BCUT2D eigenvalue weighted by atomic mass is 19.4. The summed E-state index contributed by atoms with van der Waals surface area (Å²) in [7, 11) is 1.41. The molecule has 180 valence electrons. The van der Waals surface area contributed by atoms with E-state index < -0.39 is 35.6 Å². The SMILES string of the molecule is COc1ccccc1/C(O)=C1/C(=O)C(=O)N(c2ccc(OC(F)(F)F)cc2)C1c1cccc(C)c1. The van der Waals surface area contributed by atoms with Gasteiger partial charge in [-0.3, -0.25) is 14.5 Å². The number of amides is 1. The summed E-state index contributed by atoms with van der Waals surface area (Å²) in [6.45, 7) is 1.83. The van der Waals surface area contributed by atoms with Gasteiger partial charge in [-0.05, 0) is 48.9 Å². The van der Waals surface area contributed by atoms with Gasteiger partial charge in [0.2, 0.25) is 0 Å². The van der Waals surface area contributed by atoms with Crippen molar-refractivity contribution < 1.29 is 37.3 Å². The molecule has 35 heavy (non-hydrogen) atoms. The molecule has 0 radical (unpaired) electrons. The number of anilines is 1. The molecule has 6 nitrogen and oxygen atoms in total. The molecule has 1 aliphatic rings. The van der Waals surface area contributed by atoms with Gasteiger partial charge in [-0.15, -0.1) is 13.2 Å². The van der Waals surface area contributed by atoms with Gasteiger partial charge in [-0.1, -0.05) is 42.0 Å². The van der Waals surface area contributed by atoms with Crippen LogP contribution in [0.4, 0.5) is 18.9 Å². The van der Waals surface area contributed by atoms with Crippen molar-refractivity contribution in [2.75, 3.05) is 12.0 Å². The van der Waals surface area contributed by atoms with Crippen LogP contribution in [0.3, 0.4) is 0 Å². The first kappa shape index (κ1) is 23.9. The molecule has 0 bridgehead atoms. The molecule has 1 fully saturated rings. The third-order valence-electron chi connectivity index (χ3n) is 5.51. The summed E-state index contributed by atoms with van der Waals surface area (Å²) in [5.74, 6) is -2.47. The van der Waals surface area contributed by atoms with Gasteiger partial charge in [0.1, 0.15) is 17.3 Å². The molecule has 3 aromatic carbocycles. The fourth-order valence-electron chi connectivity index (χ4n) is 4.05. The second kappa shape index (κ2) is 9.17. The third kappa shape index (κ3) is 4.70. The van der Waals surface area contributed by atoms with Gasteiger partial charge in [0, 0.05) is 5.69 Å². The number of aliphatic hydroxyl groups excluding tert-OH is 1. The number of ether oxygens (including phenoxy) is 2. The molecule has 0 aliphatic carbocycles. The fourth-order valence-corrected chi connectivity index (χ4v) is 4.05. The Morgan fingerprint density at radius 2 is 1.66 bits per heavy atom. The van der Waals surface area contributed by atoms with Crippen molar-refractivity contribution in [1.82, 2.24) is 0 Å². The Kier molecular flexibility index (Phi) is 6.26. The van der Waals surface area contributed by atoms with Crippen LogP contribution in [0.15, 0.2) is 78.4 Å². The average Bonchev–Trinajstić information content (AvgIpc) is 3.08. The Labute approximate surface area is 198 Å². The Bertz CT molecular complexity index is 1320. The summed E-state index contributed by atoms with van der Waals surface area (Å²) >= 11 is 0. The molecule has 0 spiro atoms. The molecule has 1 heterocycles.